The Morgan fingerprint density at radius 3 is 2.62 bits per heavy atom. The van der Waals surface area contributed by atoms with E-state index in [1.807, 2.05) is 30.3 Å². The number of hydrogen-bond acceptors (Lipinski definition) is 2. The lowest BCUT2D eigenvalue weighted by atomic mass is 9.95. The van der Waals surface area contributed by atoms with Crippen molar-refractivity contribution < 1.29 is 18.4 Å². The lowest BCUT2D eigenvalue weighted by Crippen LogP contribution is -2.48. The van der Waals surface area contributed by atoms with Crippen molar-refractivity contribution in [1.29, 1.82) is 0 Å². The molecule has 1 unspecified atom stereocenters. The van der Waals surface area contributed by atoms with E-state index in [0.717, 1.165) is 11.8 Å². The maximum Gasteiger partial charge on any atom is 0.239 e. The second-order valence-electron chi connectivity index (χ2n) is 6.43. The first-order valence-corrected chi connectivity index (χ1v) is 8.53. The molecule has 0 radical (unpaired) electrons. The predicted molar refractivity (Wildman–Crippen MR) is 94.4 cm³/mol. The summed E-state index contributed by atoms with van der Waals surface area (Å²) in [5.41, 5.74) is 0.845. The van der Waals surface area contributed by atoms with Gasteiger partial charge in [-0.1, -0.05) is 30.3 Å². The topological polar surface area (TPSA) is 40.6 Å². The van der Waals surface area contributed by atoms with Gasteiger partial charge in [0.05, 0.1) is 0 Å². The highest BCUT2D eigenvalue weighted by Gasteiger charge is 2.36. The normalized spacial score (nSPS) is 17.3. The molecule has 1 heterocycles. The van der Waals surface area contributed by atoms with Crippen molar-refractivity contribution in [2.24, 2.45) is 5.92 Å². The number of rotatable bonds is 4. The summed E-state index contributed by atoms with van der Waals surface area (Å²) in [6, 6.07) is 13.1. The lowest BCUT2D eigenvalue weighted by Gasteiger charge is -2.33. The fraction of sp³-hybridized carbons (Fsp3) is 0.300. The summed E-state index contributed by atoms with van der Waals surface area (Å²) in [7, 11) is 1.50. The minimum Gasteiger partial charge on any atom is -0.341 e. The quantitative estimate of drug-likeness (QED) is 0.787. The van der Waals surface area contributed by atoms with Crippen molar-refractivity contribution in [3.8, 4) is 0 Å². The summed E-state index contributed by atoms with van der Waals surface area (Å²) < 4.78 is 27.2. The van der Waals surface area contributed by atoms with Gasteiger partial charge in [0.25, 0.3) is 0 Å². The Labute approximate surface area is 151 Å². The van der Waals surface area contributed by atoms with Crippen LogP contribution in [0.4, 0.5) is 14.5 Å². The molecule has 0 spiro atoms. The molecule has 0 aliphatic carbocycles. The Morgan fingerprint density at radius 1 is 1.15 bits per heavy atom. The summed E-state index contributed by atoms with van der Waals surface area (Å²) in [5.74, 6) is -3.34. The van der Waals surface area contributed by atoms with E-state index in [9.17, 15) is 18.4 Å². The zero-order valence-corrected chi connectivity index (χ0v) is 14.5. The van der Waals surface area contributed by atoms with Crippen LogP contribution >= 0.6 is 0 Å². The molecule has 2 aromatic carbocycles. The summed E-state index contributed by atoms with van der Waals surface area (Å²) in [5, 5.41) is 0. The molecule has 26 heavy (non-hydrogen) atoms. The molecule has 2 aromatic rings. The van der Waals surface area contributed by atoms with E-state index in [0.29, 0.717) is 19.4 Å². The Bertz CT molecular complexity index is 811. The number of carbonyl (C=O) groups excluding carboxylic acids is 2. The van der Waals surface area contributed by atoms with Gasteiger partial charge in [-0.15, -0.1) is 0 Å². The molecule has 0 N–H and O–H groups in total. The van der Waals surface area contributed by atoms with E-state index in [4.69, 9.17) is 0 Å². The van der Waals surface area contributed by atoms with Crippen LogP contribution in [0.2, 0.25) is 0 Å². The van der Waals surface area contributed by atoms with Crippen molar-refractivity contribution in [2.45, 2.75) is 19.4 Å². The van der Waals surface area contributed by atoms with Gasteiger partial charge >= 0.3 is 0 Å². The third kappa shape index (κ3) is 3.59. The molecule has 1 fully saturated rings. The number of amides is 2. The second-order valence-corrected chi connectivity index (χ2v) is 6.43. The molecule has 1 saturated heterocycles. The first kappa shape index (κ1) is 18.0. The van der Waals surface area contributed by atoms with Crippen LogP contribution in [-0.4, -0.2) is 30.3 Å². The Hall–Kier alpha value is -2.76. The standard InChI is InChI=1S/C20H20F2N2O2/c1-23(13-14-7-5-11-17(21)18(14)22)19(25)16-10-6-12-24(20(16)26)15-8-3-2-4-9-15/h2-5,7-9,11,16H,6,10,12-13H2,1H3. The first-order chi connectivity index (χ1) is 12.5. The van der Waals surface area contributed by atoms with Gasteiger partial charge < -0.3 is 9.80 Å². The minimum atomic E-state index is -0.965. The molecule has 0 saturated carbocycles. The molecule has 2 amide bonds. The largest absolute Gasteiger partial charge is 0.341 e. The van der Waals surface area contributed by atoms with Crippen LogP contribution in [-0.2, 0) is 16.1 Å². The van der Waals surface area contributed by atoms with Crippen LogP contribution in [0, 0.1) is 17.6 Å². The highest BCUT2D eigenvalue weighted by Crippen LogP contribution is 2.26. The van der Waals surface area contributed by atoms with Crippen LogP contribution in [0.25, 0.3) is 0 Å². The third-order valence-electron chi connectivity index (χ3n) is 4.62. The maximum absolute atomic E-state index is 13.8. The van der Waals surface area contributed by atoms with Gasteiger partial charge in [0.15, 0.2) is 11.6 Å². The Kier molecular flexibility index (Phi) is 5.30. The van der Waals surface area contributed by atoms with Crippen molar-refractivity contribution in [3.63, 3.8) is 0 Å². The number of halogens is 2. The monoisotopic (exact) mass is 358 g/mol. The average Bonchev–Trinajstić information content (AvgIpc) is 2.66. The number of benzene rings is 2. The zero-order chi connectivity index (χ0) is 18.7. The summed E-state index contributed by atoms with van der Waals surface area (Å²) >= 11 is 0. The molecule has 136 valence electrons. The van der Waals surface area contributed by atoms with Crippen molar-refractivity contribution >= 4 is 17.5 Å². The molecule has 1 aliphatic rings. The maximum atomic E-state index is 13.8. The molecule has 4 nitrogen and oxygen atoms in total. The first-order valence-electron chi connectivity index (χ1n) is 8.53. The molecular weight excluding hydrogens is 338 g/mol. The van der Waals surface area contributed by atoms with Crippen LogP contribution < -0.4 is 4.90 Å². The van der Waals surface area contributed by atoms with Gasteiger partial charge in [-0.05, 0) is 31.0 Å². The van der Waals surface area contributed by atoms with Gasteiger partial charge in [0, 0.05) is 31.4 Å². The number of piperidine rings is 1. The van der Waals surface area contributed by atoms with Gasteiger partial charge in [0.1, 0.15) is 5.92 Å². The van der Waals surface area contributed by atoms with Crippen LogP contribution in [0.5, 0.6) is 0 Å². The number of anilines is 1. The molecule has 0 aromatic heterocycles. The van der Waals surface area contributed by atoms with Gasteiger partial charge in [-0.2, -0.15) is 0 Å². The summed E-state index contributed by atoms with van der Waals surface area (Å²) in [4.78, 5) is 28.4. The van der Waals surface area contributed by atoms with E-state index in [1.54, 1.807) is 4.90 Å². The number of hydrogen-bond donors (Lipinski definition) is 0. The fourth-order valence-electron chi connectivity index (χ4n) is 3.24. The minimum absolute atomic E-state index is 0.0858. The lowest BCUT2D eigenvalue weighted by molar-refractivity contribution is -0.141. The van der Waals surface area contributed by atoms with E-state index >= 15 is 0 Å². The van der Waals surface area contributed by atoms with E-state index in [1.165, 1.54) is 24.1 Å². The smallest absolute Gasteiger partial charge is 0.239 e. The average molecular weight is 358 g/mol. The number of carbonyl (C=O) groups is 2. The third-order valence-corrected chi connectivity index (χ3v) is 4.62. The molecule has 1 atom stereocenters. The van der Waals surface area contributed by atoms with Crippen LogP contribution in [0.3, 0.4) is 0 Å². The molecule has 0 bridgehead atoms. The highest BCUT2D eigenvalue weighted by atomic mass is 19.2. The SMILES string of the molecule is CN(Cc1cccc(F)c1F)C(=O)C1CCCN(c2ccccc2)C1=O. The number of nitrogens with zero attached hydrogens (tertiary/aromatic N) is 2. The van der Waals surface area contributed by atoms with E-state index < -0.39 is 17.6 Å². The summed E-state index contributed by atoms with van der Waals surface area (Å²) in [6.45, 7) is 0.479. The molecule has 6 heteroatoms. The van der Waals surface area contributed by atoms with E-state index in [-0.39, 0.29) is 23.9 Å². The van der Waals surface area contributed by atoms with Gasteiger partial charge in [-0.3, -0.25) is 9.59 Å². The van der Waals surface area contributed by atoms with Crippen molar-refractivity contribution in [2.75, 3.05) is 18.5 Å². The van der Waals surface area contributed by atoms with Crippen molar-refractivity contribution in [1.82, 2.24) is 4.90 Å². The fourth-order valence-corrected chi connectivity index (χ4v) is 3.24. The Morgan fingerprint density at radius 2 is 1.88 bits per heavy atom. The van der Waals surface area contributed by atoms with Gasteiger partial charge in [0.2, 0.25) is 11.8 Å². The number of para-hydroxylation sites is 1. The van der Waals surface area contributed by atoms with Crippen LogP contribution in [0.15, 0.2) is 48.5 Å². The molecule has 3 rings (SSSR count). The zero-order valence-electron chi connectivity index (χ0n) is 14.5. The highest BCUT2D eigenvalue weighted by molar-refractivity contribution is 6.08. The second kappa shape index (κ2) is 7.64. The van der Waals surface area contributed by atoms with Crippen molar-refractivity contribution in [3.05, 3.63) is 65.7 Å². The van der Waals surface area contributed by atoms with Gasteiger partial charge in [-0.25, -0.2) is 8.78 Å². The molecular formula is C20H20F2N2O2. The van der Waals surface area contributed by atoms with Crippen LogP contribution in [0.1, 0.15) is 18.4 Å². The van der Waals surface area contributed by atoms with E-state index in [2.05, 4.69) is 0 Å². The molecule has 1 aliphatic heterocycles. The summed E-state index contributed by atoms with van der Waals surface area (Å²) in [6.07, 6.45) is 1.16. The Balaban J connectivity index is 1.74. The predicted octanol–water partition coefficient (Wildman–Crippen LogP) is 3.37.